The minimum absolute atomic E-state index is 0.395. The lowest BCUT2D eigenvalue weighted by atomic mass is 10.1. The van der Waals surface area contributed by atoms with Crippen LogP contribution in [0.4, 0.5) is 0 Å². The molecule has 0 bridgehead atoms. The van der Waals surface area contributed by atoms with E-state index in [2.05, 4.69) is 4.98 Å². The smallest absolute Gasteiger partial charge is 0.217 e. The number of ether oxygens (including phenoxy) is 1. The molecule has 0 aliphatic rings. The highest BCUT2D eigenvalue weighted by Crippen LogP contribution is 2.19. The number of aliphatic hydroxyl groups is 1. The summed E-state index contributed by atoms with van der Waals surface area (Å²) in [5.74, 6) is 0.480. The fourth-order valence-corrected chi connectivity index (χ4v) is 1.24. The first-order valence-electron chi connectivity index (χ1n) is 4.01. The van der Waals surface area contributed by atoms with Crippen LogP contribution in [0.3, 0.4) is 0 Å². The van der Waals surface area contributed by atoms with E-state index in [1.54, 1.807) is 19.1 Å². The van der Waals surface area contributed by atoms with Crippen molar-refractivity contribution in [2.45, 2.75) is 19.4 Å². The summed E-state index contributed by atoms with van der Waals surface area (Å²) in [6.07, 6.45) is 0.116. The first kappa shape index (κ1) is 10.3. The lowest BCUT2D eigenvalue weighted by Crippen LogP contribution is -2.06. The highest BCUT2D eigenvalue weighted by atomic mass is 35.5. The van der Waals surface area contributed by atoms with Crippen LogP contribution in [0.2, 0.25) is 5.15 Å². The van der Waals surface area contributed by atoms with Crippen LogP contribution in [0.1, 0.15) is 12.5 Å². The van der Waals surface area contributed by atoms with Crippen molar-refractivity contribution in [3.05, 3.63) is 22.8 Å². The number of pyridine rings is 1. The van der Waals surface area contributed by atoms with Gasteiger partial charge in [-0.25, -0.2) is 4.98 Å². The topological polar surface area (TPSA) is 42.4 Å². The van der Waals surface area contributed by atoms with Gasteiger partial charge in [0.05, 0.1) is 13.2 Å². The van der Waals surface area contributed by atoms with E-state index in [9.17, 15) is 5.11 Å². The molecule has 0 aliphatic heterocycles. The molecule has 0 saturated heterocycles. The van der Waals surface area contributed by atoms with E-state index in [0.29, 0.717) is 17.5 Å². The van der Waals surface area contributed by atoms with Gasteiger partial charge in [0, 0.05) is 12.0 Å². The maximum absolute atomic E-state index is 9.18. The molecule has 0 amide bonds. The highest BCUT2D eigenvalue weighted by molar-refractivity contribution is 6.29. The Bertz CT molecular complexity index is 289. The molecule has 72 valence electrons. The van der Waals surface area contributed by atoms with Crippen molar-refractivity contribution in [1.82, 2.24) is 4.98 Å². The molecule has 13 heavy (non-hydrogen) atoms. The van der Waals surface area contributed by atoms with E-state index in [0.717, 1.165) is 5.56 Å². The molecule has 1 heterocycles. The summed E-state index contributed by atoms with van der Waals surface area (Å²) in [5.41, 5.74) is 0.863. The van der Waals surface area contributed by atoms with E-state index >= 15 is 0 Å². The van der Waals surface area contributed by atoms with E-state index < -0.39 is 6.10 Å². The van der Waals surface area contributed by atoms with Crippen LogP contribution in [0.25, 0.3) is 0 Å². The second-order valence-electron chi connectivity index (χ2n) is 2.86. The SMILES string of the molecule is COc1nc(Cl)ccc1CC(C)O. The number of hydrogen-bond donors (Lipinski definition) is 1. The second-order valence-corrected chi connectivity index (χ2v) is 3.24. The predicted molar refractivity (Wildman–Crippen MR) is 51.2 cm³/mol. The largest absolute Gasteiger partial charge is 0.481 e. The minimum Gasteiger partial charge on any atom is -0.481 e. The monoisotopic (exact) mass is 201 g/mol. The number of nitrogens with zero attached hydrogens (tertiary/aromatic N) is 1. The predicted octanol–water partition coefficient (Wildman–Crippen LogP) is 1.67. The summed E-state index contributed by atoms with van der Waals surface area (Å²) >= 11 is 5.68. The molecule has 1 unspecified atom stereocenters. The average molecular weight is 202 g/mol. The van der Waals surface area contributed by atoms with Crippen LogP contribution in [0.5, 0.6) is 5.88 Å². The zero-order valence-corrected chi connectivity index (χ0v) is 8.38. The molecule has 1 N–H and O–H groups in total. The summed E-state index contributed by atoms with van der Waals surface area (Å²) in [6, 6.07) is 3.49. The molecule has 0 saturated carbocycles. The molecule has 0 spiro atoms. The van der Waals surface area contributed by atoms with Gasteiger partial charge in [0.25, 0.3) is 0 Å². The van der Waals surface area contributed by atoms with Gasteiger partial charge in [-0.2, -0.15) is 0 Å². The quantitative estimate of drug-likeness (QED) is 0.757. The molecule has 4 heteroatoms. The fourth-order valence-electron chi connectivity index (χ4n) is 1.10. The highest BCUT2D eigenvalue weighted by Gasteiger charge is 2.07. The van der Waals surface area contributed by atoms with Gasteiger partial charge in [0.2, 0.25) is 5.88 Å². The Hall–Kier alpha value is -0.800. The van der Waals surface area contributed by atoms with Crippen LogP contribution < -0.4 is 4.74 Å². The Kier molecular flexibility index (Phi) is 3.51. The number of halogens is 1. The van der Waals surface area contributed by atoms with Gasteiger partial charge in [0.15, 0.2) is 0 Å². The molecular formula is C9H12ClNO2. The Balaban J connectivity index is 2.92. The third-order valence-corrected chi connectivity index (χ3v) is 1.82. The average Bonchev–Trinajstić information content (AvgIpc) is 2.07. The zero-order valence-electron chi connectivity index (χ0n) is 7.62. The standard InChI is InChI=1S/C9H12ClNO2/c1-6(12)5-7-3-4-8(10)11-9(7)13-2/h3-4,6,12H,5H2,1-2H3. The second kappa shape index (κ2) is 4.44. The number of aromatic nitrogens is 1. The molecular weight excluding hydrogens is 190 g/mol. The van der Waals surface area contributed by atoms with Gasteiger partial charge in [-0.3, -0.25) is 0 Å². The first-order chi connectivity index (χ1) is 6.13. The maximum Gasteiger partial charge on any atom is 0.217 e. The van der Waals surface area contributed by atoms with Crippen LogP contribution in [0, 0.1) is 0 Å². The Morgan fingerprint density at radius 1 is 1.62 bits per heavy atom. The summed E-state index contributed by atoms with van der Waals surface area (Å²) in [4.78, 5) is 3.98. The summed E-state index contributed by atoms with van der Waals surface area (Å²) in [5, 5.41) is 9.57. The number of methoxy groups -OCH3 is 1. The lowest BCUT2D eigenvalue weighted by molar-refractivity contribution is 0.194. The van der Waals surface area contributed by atoms with Crippen LogP contribution in [0.15, 0.2) is 12.1 Å². The van der Waals surface area contributed by atoms with Gasteiger partial charge in [-0.05, 0) is 13.0 Å². The molecule has 1 aromatic heterocycles. The summed E-state index contributed by atoms with van der Waals surface area (Å²) in [6.45, 7) is 1.72. The van der Waals surface area contributed by atoms with Gasteiger partial charge >= 0.3 is 0 Å². The normalized spacial score (nSPS) is 12.6. The van der Waals surface area contributed by atoms with Crippen molar-refractivity contribution in [3.8, 4) is 5.88 Å². The third-order valence-electron chi connectivity index (χ3n) is 1.61. The van der Waals surface area contributed by atoms with Crippen molar-refractivity contribution in [2.75, 3.05) is 7.11 Å². The van der Waals surface area contributed by atoms with E-state index in [-0.39, 0.29) is 0 Å². The van der Waals surface area contributed by atoms with Gasteiger partial charge in [-0.15, -0.1) is 0 Å². The van der Waals surface area contributed by atoms with Crippen LogP contribution in [-0.4, -0.2) is 23.3 Å². The van der Waals surface area contributed by atoms with Crippen LogP contribution in [-0.2, 0) is 6.42 Å². The molecule has 0 radical (unpaired) electrons. The fraction of sp³-hybridized carbons (Fsp3) is 0.444. The van der Waals surface area contributed by atoms with Crippen molar-refractivity contribution in [1.29, 1.82) is 0 Å². The Labute approximate surface area is 82.3 Å². The van der Waals surface area contributed by atoms with E-state index in [4.69, 9.17) is 16.3 Å². The van der Waals surface area contributed by atoms with E-state index in [1.165, 1.54) is 7.11 Å². The van der Waals surface area contributed by atoms with Gasteiger partial charge < -0.3 is 9.84 Å². The van der Waals surface area contributed by atoms with Crippen molar-refractivity contribution < 1.29 is 9.84 Å². The summed E-state index contributed by atoms with van der Waals surface area (Å²) < 4.78 is 5.02. The number of aliphatic hydroxyl groups excluding tert-OH is 1. The van der Waals surface area contributed by atoms with Gasteiger partial charge in [0.1, 0.15) is 5.15 Å². The molecule has 1 rings (SSSR count). The van der Waals surface area contributed by atoms with Crippen LogP contribution >= 0.6 is 11.6 Å². The Morgan fingerprint density at radius 3 is 2.85 bits per heavy atom. The van der Waals surface area contributed by atoms with E-state index in [1.807, 2.05) is 0 Å². The van der Waals surface area contributed by atoms with Gasteiger partial charge in [-0.1, -0.05) is 17.7 Å². The molecule has 0 aromatic carbocycles. The van der Waals surface area contributed by atoms with Crippen molar-refractivity contribution in [3.63, 3.8) is 0 Å². The molecule has 3 nitrogen and oxygen atoms in total. The Morgan fingerprint density at radius 2 is 2.31 bits per heavy atom. The zero-order chi connectivity index (χ0) is 9.84. The molecule has 0 aliphatic carbocycles. The lowest BCUT2D eigenvalue weighted by Gasteiger charge is -2.08. The van der Waals surface area contributed by atoms with Crippen molar-refractivity contribution in [2.24, 2.45) is 0 Å². The molecule has 0 fully saturated rings. The number of rotatable bonds is 3. The maximum atomic E-state index is 9.18. The third kappa shape index (κ3) is 2.86. The summed E-state index contributed by atoms with van der Waals surface area (Å²) in [7, 11) is 1.53. The van der Waals surface area contributed by atoms with Crippen molar-refractivity contribution >= 4 is 11.6 Å². The molecule has 1 aromatic rings. The minimum atomic E-state index is -0.406. The molecule has 1 atom stereocenters. The first-order valence-corrected chi connectivity index (χ1v) is 4.38. The number of hydrogen-bond acceptors (Lipinski definition) is 3.